The topological polar surface area (TPSA) is 59.4 Å². The van der Waals surface area contributed by atoms with Crippen molar-refractivity contribution in [2.45, 2.75) is 44.8 Å². The minimum Gasteiger partial charge on any atom is -0.497 e. The highest BCUT2D eigenvalue weighted by molar-refractivity contribution is 5.77. The van der Waals surface area contributed by atoms with Crippen LogP contribution in [0.1, 0.15) is 42.3 Å². The summed E-state index contributed by atoms with van der Waals surface area (Å²) in [7, 11) is 1.68. The molecule has 3 heterocycles. The number of hydrogen-bond donors (Lipinski definition) is 1. The van der Waals surface area contributed by atoms with E-state index in [0.717, 1.165) is 50.5 Å². The summed E-state index contributed by atoms with van der Waals surface area (Å²) in [6, 6.07) is 10.4. The zero-order valence-electron chi connectivity index (χ0n) is 15.3. The van der Waals surface area contributed by atoms with Gasteiger partial charge in [0.1, 0.15) is 5.75 Å². The number of hydrogen-bond acceptors (Lipinski definition) is 4. The average molecular weight is 354 g/mol. The Kier molecular flexibility index (Phi) is 4.93. The van der Waals surface area contributed by atoms with Crippen molar-refractivity contribution in [2.75, 3.05) is 20.2 Å². The smallest absolute Gasteiger partial charge is 0.223 e. The molecule has 1 aromatic carbocycles. The third kappa shape index (κ3) is 3.46. The second-order valence-corrected chi connectivity index (χ2v) is 7.05. The lowest BCUT2D eigenvalue weighted by atomic mass is 10.0. The normalized spacial score (nSPS) is 19.4. The van der Waals surface area contributed by atoms with Crippen LogP contribution in [0.5, 0.6) is 5.75 Å². The Morgan fingerprint density at radius 3 is 3.12 bits per heavy atom. The summed E-state index contributed by atoms with van der Waals surface area (Å²) in [5.74, 6) is 1.07. The molecule has 1 fully saturated rings. The maximum Gasteiger partial charge on any atom is 0.223 e. The number of amides is 1. The predicted molar refractivity (Wildman–Crippen MR) is 98.9 cm³/mol. The molecule has 0 aliphatic carbocycles. The van der Waals surface area contributed by atoms with Crippen LogP contribution in [0, 0.1) is 0 Å². The van der Waals surface area contributed by atoms with E-state index in [1.54, 1.807) is 7.11 Å². The standard InChI is InChI=1S/C20H26N4O2/c1-26-18-5-2-4-15(12-18)19-6-3-10-23(19)20(25)8-7-16-13-17-14-21-9-11-24(17)22-16/h2,4-5,12-13,19,21H,3,6-11,14H2,1H3. The summed E-state index contributed by atoms with van der Waals surface area (Å²) in [4.78, 5) is 14.9. The van der Waals surface area contributed by atoms with Crippen LogP contribution >= 0.6 is 0 Å². The molecule has 26 heavy (non-hydrogen) atoms. The summed E-state index contributed by atoms with van der Waals surface area (Å²) in [6.07, 6.45) is 3.30. The van der Waals surface area contributed by atoms with Crippen LogP contribution in [0.15, 0.2) is 30.3 Å². The molecule has 1 N–H and O–H groups in total. The molecule has 2 aromatic rings. The molecule has 0 saturated carbocycles. The second-order valence-electron chi connectivity index (χ2n) is 7.05. The summed E-state index contributed by atoms with van der Waals surface area (Å²) in [5, 5.41) is 7.99. The molecule has 1 amide bonds. The lowest BCUT2D eigenvalue weighted by molar-refractivity contribution is -0.132. The first-order valence-corrected chi connectivity index (χ1v) is 9.44. The molecule has 138 valence electrons. The van der Waals surface area contributed by atoms with Gasteiger partial charge in [-0.25, -0.2) is 0 Å². The van der Waals surface area contributed by atoms with Gasteiger partial charge in [0.2, 0.25) is 5.91 Å². The molecule has 1 atom stereocenters. The van der Waals surface area contributed by atoms with E-state index in [9.17, 15) is 4.79 Å². The van der Waals surface area contributed by atoms with Crippen LogP contribution in [-0.2, 0) is 24.3 Å². The van der Waals surface area contributed by atoms with Crippen molar-refractivity contribution in [2.24, 2.45) is 0 Å². The molecule has 6 heteroatoms. The maximum atomic E-state index is 12.8. The third-order valence-electron chi connectivity index (χ3n) is 5.37. The highest BCUT2D eigenvalue weighted by Crippen LogP contribution is 2.34. The van der Waals surface area contributed by atoms with Crippen LogP contribution in [0.25, 0.3) is 0 Å². The molecular formula is C20H26N4O2. The zero-order chi connectivity index (χ0) is 17.9. The van der Waals surface area contributed by atoms with Gasteiger partial charge in [0.05, 0.1) is 31.1 Å². The summed E-state index contributed by atoms with van der Waals surface area (Å²) in [6.45, 7) is 3.58. The van der Waals surface area contributed by atoms with Gasteiger partial charge in [-0.15, -0.1) is 0 Å². The molecule has 0 bridgehead atoms. The summed E-state index contributed by atoms with van der Waals surface area (Å²) in [5.41, 5.74) is 3.40. The quantitative estimate of drug-likeness (QED) is 0.895. The van der Waals surface area contributed by atoms with Crippen LogP contribution in [0.2, 0.25) is 0 Å². The van der Waals surface area contributed by atoms with Gasteiger partial charge in [-0.1, -0.05) is 12.1 Å². The Morgan fingerprint density at radius 2 is 2.27 bits per heavy atom. The Morgan fingerprint density at radius 1 is 1.35 bits per heavy atom. The molecule has 1 unspecified atom stereocenters. The Hall–Kier alpha value is -2.34. The minimum atomic E-state index is 0.164. The highest BCUT2D eigenvalue weighted by atomic mass is 16.5. The van der Waals surface area contributed by atoms with E-state index in [1.165, 1.54) is 11.3 Å². The van der Waals surface area contributed by atoms with E-state index < -0.39 is 0 Å². The summed E-state index contributed by atoms with van der Waals surface area (Å²) >= 11 is 0. The van der Waals surface area contributed by atoms with Crippen molar-refractivity contribution in [1.29, 1.82) is 0 Å². The molecule has 1 saturated heterocycles. The fourth-order valence-electron chi connectivity index (χ4n) is 4.01. The van der Waals surface area contributed by atoms with Crippen LogP contribution in [0.4, 0.5) is 0 Å². The zero-order valence-corrected chi connectivity index (χ0v) is 15.3. The van der Waals surface area contributed by atoms with Crippen molar-refractivity contribution < 1.29 is 9.53 Å². The van der Waals surface area contributed by atoms with Gasteiger partial charge in [-0.3, -0.25) is 9.48 Å². The van der Waals surface area contributed by atoms with Crippen LogP contribution < -0.4 is 10.1 Å². The van der Waals surface area contributed by atoms with Crippen LogP contribution in [-0.4, -0.2) is 40.8 Å². The van der Waals surface area contributed by atoms with Gasteiger partial charge in [-0.05, 0) is 36.6 Å². The van der Waals surface area contributed by atoms with E-state index in [0.29, 0.717) is 12.8 Å². The molecule has 2 aliphatic rings. The van der Waals surface area contributed by atoms with Crippen molar-refractivity contribution in [1.82, 2.24) is 20.0 Å². The van der Waals surface area contributed by atoms with E-state index in [4.69, 9.17) is 4.74 Å². The molecule has 6 nitrogen and oxygen atoms in total. The first-order valence-electron chi connectivity index (χ1n) is 9.44. The van der Waals surface area contributed by atoms with Crippen molar-refractivity contribution in [3.05, 3.63) is 47.3 Å². The number of ether oxygens (including phenoxy) is 1. The van der Waals surface area contributed by atoms with Gasteiger partial charge < -0.3 is 15.0 Å². The van der Waals surface area contributed by atoms with Gasteiger partial charge in [0.15, 0.2) is 0 Å². The van der Waals surface area contributed by atoms with Gasteiger partial charge in [0, 0.05) is 32.5 Å². The van der Waals surface area contributed by atoms with E-state index in [1.807, 2.05) is 23.1 Å². The minimum absolute atomic E-state index is 0.164. The first kappa shape index (κ1) is 17.1. The number of fused-ring (bicyclic) bond motifs is 1. The predicted octanol–water partition coefficient (Wildman–Crippen LogP) is 2.29. The largest absolute Gasteiger partial charge is 0.497 e. The van der Waals surface area contributed by atoms with E-state index in [-0.39, 0.29) is 11.9 Å². The number of aryl methyl sites for hydroxylation is 1. The monoisotopic (exact) mass is 354 g/mol. The number of aromatic nitrogens is 2. The van der Waals surface area contributed by atoms with Gasteiger partial charge in [-0.2, -0.15) is 5.10 Å². The number of rotatable bonds is 5. The van der Waals surface area contributed by atoms with Crippen LogP contribution in [0.3, 0.4) is 0 Å². The number of methoxy groups -OCH3 is 1. The van der Waals surface area contributed by atoms with Crippen molar-refractivity contribution >= 4 is 5.91 Å². The second kappa shape index (κ2) is 7.50. The molecule has 2 aliphatic heterocycles. The van der Waals surface area contributed by atoms with Crippen molar-refractivity contribution in [3.8, 4) is 5.75 Å². The molecule has 1 aromatic heterocycles. The average Bonchev–Trinajstić information content (AvgIpc) is 3.32. The molecule has 4 rings (SSSR count). The third-order valence-corrected chi connectivity index (χ3v) is 5.37. The number of carbonyl (C=O) groups is 1. The highest BCUT2D eigenvalue weighted by Gasteiger charge is 2.30. The van der Waals surface area contributed by atoms with Crippen molar-refractivity contribution in [3.63, 3.8) is 0 Å². The molecule has 0 spiro atoms. The van der Waals surface area contributed by atoms with Gasteiger partial charge in [0.25, 0.3) is 0 Å². The van der Waals surface area contributed by atoms with E-state index in [2.05, 4.69) is 27.2 Å². The Balaban J connectivity index is 1.41. The number of nitrogens with zero attached hydrogens (tertiary/aromatic N) is 3. The Labute approximate surface area is 154 Å². The van der Waals surface area contributed by atoms with E-state index >= 15 is 0 Å². The first-order chi connectivity index (χ1) is 12.7. The number of nitrogens with one attached hydrogen (secondary N) is 1. The summed E-state index contributed by atoms with van der Waals surface area (Å²) < 4.78 is 7.40. The molecular weight excluding hydrogens is 328 g/mol. The lowest BCUT2D eigenvalue weighted by Crippen LogP contribution is -2.30. The molecule has 0 radical (unpaired) electrons. The number of benzene rings is 1. The number of likely N-dealkylation sites (tertiary alicyclic amines) is 1. The maximum absolute atomic E-state index is 12.8. The number of carbonyl (C=O) groups excluding carboxylic acids is 1. The van der Waals surface area contributed by atoms with Gasteiger partial charge >= 0.3 is 0 Å². The lowest BCUT2D eigenvalue weighted by Gasteiger charge is -2.25. The fourth-order valence-corrected chi connectivity index (χ4v) is 4.01. The fraction of sp³-hybridized carbons (Fsp3) is 0.500. The Bertz CT molecular complexity index is 762. The SMILES string of the molecule is COc1cccc(C2CCCN2C(=O)CCc2cc3n(n2)CCNC3)c1.